The van der Waals surface area contributed by atoms with Gasteiger partial charge >= 0.3 is 0 Å². The van der Waals surface area contributed by atoms with Crippen molar-refractivity contribution in [3.63, 3.8) is 0 Å². The van der Waals surface area contributed by atoms with Gasteiger partial charge in [0.2, 0.25) is 0 Å². The fourth-order valence-electron chi connectivity index (χ4n) is 1.77. The van der Waals surface area contributed by atoms with Crippen LogP contribution in [0.15, 0.2) is 17.3 Å². The molecule has 1 heterocycles. The molecule has 0 bridgehead atoms. The molecule has 0 atom stereocenters. The van der Waals surface area contributed by atoms with Gasteiger partial charge in [-0.05, 0) is 31.7 Å². The highest BCUT2D eigenvalue weighted by atomic mass is 127. The predicted octanol–water partition coefficient (Wildman–Crippen LogP) is 3.38. The Hall–Kier alpha value is -0.470. The molecule has 0 saturated heterocycles. The van der Waals surface area contributed by atoms with Gasteiger partial charge in [0.25, 0.3) is 0 Å². The Morgan fingerprint density at radius 2 is 2.09 bits per heavy atom. The Morgan fingerprint density at radius 3 is 2.73 bits per heavy atom. The van der Waals surface area contributed by atoms with Gasteiger partial charge < -0.3 is 16.0 Å². The maximum Gasteiger partial charge on any atom is 0.191 e. The first kappa shape index (κ1) is 19.6. The van der Waals surface area contributed by atoms with Crippen LogP contribution >= 0.6 is 47.2 Å². The van der Waals surface area contributed by atoms with Gasteiger partial charge in [0.05, 0.1) is 10.0 Å². The summed E-state index contributed by atoms with van der Waals surface area (Å²) in [6.45, 7) is 5.26. The van der Waals surface area contributed by atoms with Gasteiger partial charge in [-0.2, -0.15) is 0 Å². The third kappa shape index (κ3) is 7.19. The second-order valence-corrected chi connectivity index (χ2v) is 5.84. The maximum absolute atomic E-state index is 6.05. The minimum absolute atomic E-state index is 0. The van der Waals surface area contributed by atoms with Crippen molar-refractivity contribution in [2.75, 3.05) is 31.5 Å². The molecule has 124 valence electrons. The largest absolute Gasteiger partial charge is 0.367 e. The summed E-state index contributed by atoms with van der Waals surface area (Å²) in [5.74, 6) is 2.29. The number of aliphatic imine (C=N–C) groups is 1. The fourth-order valence-corrected chi connectivity index (χ4v) is 2.22. The van der Waals surface area contributed by atoms with E-state index in [0.717, 1.165) is 31.5 Å². The molecule has 1 aromatic rings. The molecule has 0 aliphatic heterocycles. The number of pyridine rings is 1. The molecular weight excluding hydrogens is 436 g/mol. The van der Waals surface area contributed by atoms with Crippen molar-refractivity contribution in [1.29, 1.82) is 0 Å². The van der Waals surface area contributed by atoms with E-state index in [1.54, 1.807) is 12.3 Å². The third-order valence-electron chi connectivity index (χ3n) is 3.07. The van der Waals surface area contributed by atoms with Crippen LogP contribution < -0.4 is 16.0 Å². The highest BCUT2D eigenvalue weighted by Gasteiger charge is 2.20. The first-order valence-corrected chi connectivity index (χ1v) is 8.01. The molecule has 5 nitrogen and oxygen atoms in total. The zero-order valence-electron chi connectivity index (χ0n) is 12.5. The van der Waals surface area contributed by atoms with Crippen LogP contribution in [0, 0.1) is 5.92 Å². The van der Waals surface area contributed by atoms with Crippen molar-refractivity contribution in [1.82, 2.24) is 15.6 Å². The maximum atomic E-state index is 6.05. The molecule has 0 radical (unpaired) electrons. The molecule has 1 aliphatic carbocycles. The fraction of sp³-hybridized carbons (Fsp3) is 0.571. The molecule has 0 spiro atoms. The molecule has 1 saturated carbocycles. The van der Waals surface area contributed by atoms with Crippen LogP contribution in [-0.4, -0.2) is 37.1 Å². The van der Waals surface area contributed by atoms with Crippen LogP contribution in [0.4, 0.5) is 5.82 Å². The number of nitrogens with one attached hydrogen (secondary N) is 3. The normalized spacial score (nSPS) is 14.2. The van der Waals surface area contributed by atoms with Crippen LogP contribution in [0.1, 0.15) is 19.8 Å². The van der Waals surface area contributed by atoms with E-state index in [0.29, 0.717) is 22.4 Å². The van der Waals surface area contributed by atoms with Crippen LogP contribution in [0.25, 0.3) is 0 Å². The quantitative estimate of drug-likeness (QED) is 0.254. The van der Waals surface area contributed by atoms with Crippen LogP contribution in [0.3, 0.4) is 0 Å². The highest BCUT2D eigenvalue weighted by Crippen LogP contribution is 2.28. The molecule has 0 amide bonds. The number of rotatable bonds is 7. The number of halogens is 3. The van der Waals surface area contributed by atoms with Crippen molar-refractivity contribution in [3.8, 4) is 0 Å². The van der Waals surface area contributed by atoms with Gasteiger partial charge in [0, 0.05) is 32.4 Å². The van der Waals surface area contributed by atoms with Gasteiger partial charge in [-0.25, -0.2) is 4.98 Å². The summed E-state index contributed by atoms with van der Waals surface area (Å²) >= 11 is 11.9. The number of hydrogen-bond acceptors (Lipinski definition) is 3. The molecule has 0 unspecified atom stereocenters. The summed E-state index contributed by atoms with van der Waals surface area (Å²) in [5, 5.41) is 10.7. The number of aromatic nitrogens is 1. The molecule has 1 fully saturated rings. The van der Waals surface area contributed by atoms with Crippen molar-refractivity contribution < 1.29 is 0 Å². The Bertz CT molecular complexity index is 494. The van der Waals surface area contributed by atoms with Crippen molar-refractivity contribution in [3.05, 3.63) is 22.3 Å². The summed E-state index contributed by atoms with van der Waals surface area (Å²) in [6.07, 6.45) is 4.20. The van der Waals surface area contributed by atoms with E-state index in [9.17, 15) is 0 Å². The summed E-state index contributed by atoms with van der Waals surface area (Å²) in [5.41, 5.74) is 0. The molecular formula is C14H22Cl2IN5. The Balaban J connectivity index is 0.00000242. The van der Waals surface area contributed by atoms with Gasteiger partial charge in [-0.15, -0.1) is 24.0 Å². The minimum atomic E-state index is 0. The standard InChI is InChI=1S/C14H21Cl2N5.HI/c1-2-17-14(21-8-10-3-4-10)19-6-5-18-13-12(16)7-11(15)9-20-13;/h7,9-10H,2-6,8H2,1H3,(H,18,20)(H2,17,19,21);1H. The van der Waals surface area contributed by atoms with Crippen LogP contribution in [-0.2, 0) is 0 Å². The van der Waals surface area contributed by atoms with Gasteiger partial charge in [-0.1, -0.05) is 23.2 Å². The van der Waals surface area contributed by atoms with Gasteiger partial charge in [0.15, 0.2) is 5.96 Å². The monoisotopic (exact) mass is 457 g/mol. The molecule has 1 aliphatic rings. The SMILES string of the molecule is CCNC(=NCC1CC1)NCCNc1ncc(Cl)cc1Cl.I. The average molecular weight is 458 g/mol. The lowest BCUT2D eigenvalue weighted by Crippen LogP contribution is -2.39. The molecule has 1 aromatic heterocycles. The molecule has 3 N–H and O–H groups in total. The third-order valence-corrected chi connectivity index (χ3v) is 3.56. The average Bonchev–Trinajstić information content (AvgIpc) is 3.26. The summed E-state index contributed by atoms with van der Waals surface area (Å²) in [4.78, 5) is 8.71. The summed E-state index contributed by atoms with van der Waals surface area (Å²) in [6, 6.07) is 1.67. The van der Waals surface area contributed by atoms with E-state index < -0.39 is 0 Å². The van der Waals surface area contributed by atoms with Crippen molar-refractivity contribution in [2.45, 2.75) is 19.8 Å². The lowest BCUT2D eigenvalue weighted by molar-refractivity contribution is 0.787. The van der Waals surface area contributed by atoms with Gasteiger partial charge in [0.1, 0.15) is 5.82 Å². The van der Waals surface area contributed by atoms with E-state index in [4.69, 9.17) is 23.2 Å². The van der Waals surface area contributed by atoms with Crippen molar-refractivity contribution >= 4 is 59.0 Å². The first-order valence-electron chi connectivity index (χ1n) is 7.26. The second-order valence-electron chi connectivity index (χ2n) is 5.00. The van der Waals surface area contributed by atoms with E-state index >= 15 is 0 Å². The Morgan fingerprint density at radius 1 is 1.32 bits per heavy atom. The van der Waals surface area contributed by atoms with E-state index in [2.05, 4.69) is 32.9 Å². The summed E-state index contributed by atoms with van der Waals surface area (Å²) in [7, 11) is 0. The van der Waals surface area contributed by atoms with Crippen LogP contribution in [0.5, 0.6) is 0 Å². The van der Waals surface area contributed by atoms with E-state index in [-0.39, 0.29) is 24.0 Å². The molecule has 2 rings (SSSR count). The lowest BCUT2D eigenvalue weighted by Gasteiger charge is -2.12. The van der Waals surface area contributed by atoms with Gasteiger partial charge in [-0.3, -0.25) is 4.99 Å². The first-order chi connectivity index (χ1) is 10.2. The number of nitrogens with zero attached hydrogens (tertiary/aromatic N) is 2. The highest BCUT2D eigenvalue weighted by molar-refractivity contribution is 14.0. The summed E-state index contributed by atoms with van der Waals surface area (Å²) < 4.78 is 0. The predicted molar refractivity (Wildman–Crippen MR) is 105 cm³/mol. The van der Waals surface area contributed by atoms with E-state index in [1.807, 2.05) is 0 Å². The number of guanidine groups is 1. The second kappa shape index (κ2) is 10.3. The Labute approximate surface area is 158 Å². The minimum Gasteiger partial charge on any atom is -0.367 e. The molecule has 0 aromatic carbocycles. The zero-order valence-corrected chi connectivity index (χ0v) is 16.4. The topological polar surface area (TPSA) is 61.3 Å². The lowest BCUT2D eigenvalue weighted by atomic mass is 10.4. The Kier molecular flexibility index (Phi) is 9.19. The number of anilines is 1. The molecule has 8 heteroatoms. The zero-order chi connectivity index (χ0) is 15.1. The van der Waals surface area contributed by atoms with Crippen molar-refractivity contribution in [2.24, 2.45) is 10.9 Å². The van der Waals surface area contributed by atoms with E-state index in [1.165, 1.54) is 12.8 Å². The smallest absolute Gasteiger partial charge is 0.191 e. The molecule has 22 heavy (non-hydrogen) atoms. The van der Waals surface area contributed by atoms with Crippen LogP contribution in [0.2, 0.25) is 10.0 Å². The number of hydrogen-bond donors (Lipinski definition) is 3.